The molecule has 1 atom stereocenters. The summed E-state index contributed by atoms with van der Waals surface area (Å²) in [6.45, 7) is 6.48. The van der Waals surface area contributed by atoms with E-state index in [4.69, 9.17) is 9.26 Å². The van der Waals surface area contributed by atoms with Gasteiger partial charge in [-0.25, -0.2) is 13.1 Å². The highest BCUT2D eigenvalue weighted by Crippen LogP contribution is 2.28. The third-order valence-electron chi connectivity index (χ3n) is 3.62. The van der Waals surface area contributed by atoms with Crippen LogP contribution in [-0.2, 0) is 21.2 Å². The van der Waals surface area contributed by atoms with Gasteiger partial charge in [-0.2, -0.15) is 0 Å². The Morgan fingerprint density at radius 3 is 2.71 bits per heavy atom. The third kappa shape index (κ3) is 5.41. The minimum Gasteiger partial charge on any atom is -0.380 e. The van der Waals surface area contributed by atoms with E-state index in [-0.39, 0.29) is 18.4 Å². The lowest BCUT2D eigenvalue weighted by Crippen LogP contribution is -2.37. The lowest BCUT2D eigenvalue weighted by Gasteiger charge is -2.14. The van der Waals surface area contributed by atoms with Crippen LogP contribution < -0.4 is 4.72 Å². The van der Waals surface area contributed by atoms with E-state index >= 15 is 0 Å². The van der Waals surface area contributed by atoms with E-state index < -0.39 is 10.0 Å². The van der Waals surface area contributed by atoms with Crippen molar-refractivity contribution in [1.82, 2.24) is 9.88 Å². The quantitative estimate of drug-likeness (QED) is 0.699. The normalized spacial score (nSPS) is 17.1. The van der Waals surface area contributed by atoms with Crippen LogP contribution in [0.25, 0.3) is 0 Å². The Bertz CT molecular complexity index is 544. The van der Waals surface area contributed by atoms with E-state index in [1.165, 1.54) is 12.8 Å². The van der Waals surface area contributed by atoms with Crippen LogP contribution in [0.1, 0.15) is 36.8 Å². The molecular formula is C14H24N2O4S. The Hall–Kier alpha value is -0.920. The second kappa shape index (κ2) is 6.89. The number of hydrogen-bond acceptors (Lipinski definition) is 5. The molecule has 1 aromatic heterocycles. The minimum absolute atomic E-state index is 0.00562. The highest BCUT2D eigenvalue weighted by Gasteiger charge is 2.22. The molecule has 7 heteroatoms. The van der Waals surface area contributed by atoms with Crippen LogP contribution in [0.3, 0.4) is 0 Å². The lowest BCUT2D eigenvalue weighted by molar-refractivity contribution is 0.138. The molecule has 1 heterocycles. The predicted molar refractivity (Wildman–Crippen MR) is 79.6 cm³/mol. The van der Waals surface area contributed by atoms with Gasteiger partial charge in [0, 0.05) is 18.2 Å². The average Bonchev–Trinajstić information content (AvgIpc) is 3.16. The Labute approximate surface area is 126 Å². The second-order valence-corrected chi connectivity index (χ2v) is 7.74. The number of ether oxygens (including phenoxy) is 1. The number of nitrogens with zero attached hydrogens (tertiary/aromatic N) is 1. The van der Waals surface area contributed by atoms with Crippen LogP contribution in [0.2, 0.25) is 0 Å². The fourth-order valence-electron chi connectivity index (χ4n) is 2.21. The summed E-state index contributed by atoms with van der Waals surface area (Å²) >= 11 is 0. The van der Waals surface area contributed by atoms with Crippen molar-refractivity contribution in [2.24, 2.45) is 5.92 Å². The number of sulfonamides is 1. The van der Waals surface area contributed by atoms with Crippen molar-refractivity contribution in [2.45, 2.75) is 46.1 Å². The second-order valence-electron chi connectivity index (χ2n) is 5.86. The van der Waals surface area contributed by atoms with Crippen LogP contribution >= 0.6 is 0 Å². The van der Waals surface area contributed by atoms with Gasteiger partial charge in [0.2, 0.25) is 10.0 Å². The zero-order chi connectivity index (χ0) is 15.5. The number of rotatable bonds is 9. The predicted octanol–water partition coefficient (Wildman–Crippen LogP) is 1.57. The molecule has 120 valence electrons. The Morgan fingerprint density at radius 2 is 2.14 bits per heavy atom. The molecule has 1 aromatic rings. The zero-order valence-corrected chi connectivity index (χ0v) is 13.7. The van der Waals surface area contributed by atoms with Crippen molar-refractivity contribution in [3.05, 3.63) is 17.0 Å². The molecule has 0 spiro atoms. The number of aromatic nitrogens is 1. The number of aryl methyl sites for hydroxylation is 2. The summed E-state index contributed by atoms with van der Waals surface area (Å²) in [5.74, 6) is 1.40. The summed E-state index contributed by atoms with van der Waals surface area (Å²) in [5.41, 5.74) is 1.78. The molecule has 0 bridgehead atoms. The van der Waals surface area contributed by atoms with Crippen LogP contribution in [0, 0.1) is 19.8 Å². The maximum absolute atomic E-state index is 12.0. The van der Waals surface area contributed by atoms with E-state index in [2.05, 4.69) is 9.88 Å². The van der Waals surface area contributed by atoms with Gasteiger partial charge in [-0.1, -0.05) is 5.16 Å². The number of hydrogen-bond donors (Lipinski definition) is 1. The summed E-state index contributed by atoms with van der Waals surface area (Å²) < 4.78 is 37.1. The molecule has 1 fully saturated rings. The molecular weight excluding hydrogens is 292 g/mol. The van der Waals surface area contributed by atoms with Gasteiger partial charge in [0.25, 0.3) is 0 Å². The van der Waals surface area contributed by atoms with Crippen molar-refractivity contribution in [2.75, 3.05) is 19.0 Å². The van der Waals surface area contributed by atoms with Crippen LogP contribution in [0.4, 0.5) is 0 Å². The van der Waals surface area contributed by atoms with Crippen LogP contribution in [0.15, 0.2) is 4.52 Å². The third-order valence-corrected chi connectivity index (χ3v) is 5.08. The van der Waals surface area contributed by atoms with Gasteiger partial charge in [-0.3, -0.25) is 0 Å². The first-order chi connectivity index (χ1) is 9.87. The molecule has 2 rings (SSSR count). The van der Waals surface area contributed by atoms with E-state index in [0.29, 0.717) is 18.9 Å². The van der Waals surface area contributed by atoms with Crippen molar-refractivity contribution >= 4 is 10.0 Å². The molecule has 0 radical (unpaired) electrons. The Balaban J connectivity index is 1.75. The smallest absolute Gasteiger partial charge is 0.214 e. The van der Waals surface area contributed by atoms with Crippen molar-refractivity contribution in [3.63, 3.8) is 0 Å². The molecule has 0 saturated heterocycles. The topological polar surface area (TPSA) is 81.4 Å². The standard InChI is InChI=1S/C14H24N2O4S/c1-10(8-14-11(2)15-20-12(14)3)16-21(17,18)7-6-19-9-13-4-5-13/h10,13,16H,4-9H2,1-3H3/t10-/m1/s1. The molecule has 1 aliphatic carbocycles. The highest BCUT2D eigenvalue weighted by molar-refractivity contribution is 7.89. The molecule has 1 aliphatic rings. The first kappa shape index (κ1) is 16.5. The van der Waals surface area contributed by atoms with Crippen molar-refractivity contribution < 1.29 is 17.7 Å². The van der Waals surface area contributed by atoms with E-state index in [1.54, 1.807) is 0 Å². The zero-order valence-electron chi connectivity index (χ0n) is 12.9. The Morgan fingerprint density at radius 1 is 1.43 bits per heavy atom. The molecule has 0 amide bonds. The monoisotopic (exact) mass is 316 g/mol. The molecule has 0 unspecified atom stereocenters. The maximum atomic E-state index is 12.0. The van der Waals surface area contributed by atoms with Gasteiger partial charge in [-0.05, 0) is 46.0 Å². The molecule has 1 N–H and O–H groups in total. The largest absolute Gasteiger partial charge is 0.380 e. The van der Waals surface area contributed by atoms with Gasteiger partial charge >= 0.3 is 0 Å². The van der Waals surface area contributed by atoms with Gasteiger partial charge in [0.15, 0.2) is 0 Å². The average molecular weight is 316 g/mol. The van der Waals surface area contributed by atoms with E-state index in [1.807, 2.05) is 20.8 Å². The number of nitrogens with one attached hydrogen (secondary N) is 1. The molecule has 21 heavy (non-hydrogen) atoms. The fourth-order valence-corrected chi connectivity index (χ4v) is 3.36. The summed E-state index contributed by atoms with van der Waals surface area (Å²) in [5, 5.41) is 3.88. The molecule has 0 aliphatic heterocycles. The van der Waals surface area contributed by atoms with Crippen molar-refractivity contribution in [1.29, 1.82) is 0 Å². The molecule has 1 saturated carbocycles. The SMILES string of the molecule is Cc1noc(C)c1C[C@@H](C)NS(=O)(=O)CCOCC1CC1. The summed E-state index contributed by atoms with van der Waals surface area (Å²) in [7, 11) is -3.31. The van der Waals surface area contributed by atoms with Crippen LogP contribution in [-0.4, -0.2) is 38.6 Å². The van der Waals surface area contributed by atoms with Gasteiger partial charge < -0.3 is 9.26 Å². The highest BCUT2D eigenvalue weighted by atomic mass is 32.2. The van der Waals surface area contributed by atoms with E-state index in [0.717, 1.165) is 17.0 Å². The first-order valence-electron chi connectivity index (χ1n) is 7.37. The maximum Gasteiger partial charge on any atom is 0.214 e. The summed E-state index contributed by atoms with van der Waals surface area (Å²) in [6, 6.07) is -0.199. The molecule has 0 aromatic carbocycles. The molecule has 6 nitrogen and oxygen atoms in total. The first-order valence-corrected chi connectivity index (χ1v) is 9.02. The van der Waals surface area contributed by atoms with Crippen molar-refractivity contribution in [3.8, 4) is 0 Å². The summed E-state index contributed by atoms with van der Waals surface area (Å²) in [6.07, 6.45) is 2.99. The van der Waals surface area contributed by atoms with E-state index in [9.17, 15) is 8.42 Å². The lowest BCUT2D eigenvalue weighted by atomic mass is 10.1. The van der Waals surface area contributed by atoms with Crippen LogP contribution in [0.5, 0.6) is 0 Å². The Kier molecular flexibility index (Phi) is 5.40. The van der Waals surface area contributed by atoms with Gasteiger partial charge in [-0.15, -0.1) is 0 Å². The fraction of sp³-hybridized carbons (Fsp3) is 0.786. The summed E-state index contributed by atoms with van der Waals surface area (Å²) in [4.78, 5) is 0. The van der Waals surface area contributed by atoms with Gasteiger partial charge in [0.1, 0.15) is 5.76 Å². The van der Waals surface area contributed by atoms with Gasteiger partial charge in [0.05, 0.1) is 18.1 Å². The minimum atomic E-state index is -3.31.